The van der Waals surface area contributed by atoms with Crippen molar-refractivity contribution in [2.75, 3.05) is 19.0 Å². The zero-order chi connectivity index (χ0) is 12.1. The van der Waals surface area contributed by atoms with Crippen LogP contribution in [0.15, 0.2) is 6.20 Å². The summed E-state index contributed by atoms with van der Waals surface area (Å²) < 4.78 is 0. The number of rotatable bonds is 6. The average molecular weight is 241 g/mol. The summed E-state index contributed by atoms with van der Waals surface area (Å²) in [5, 5.41) is 4.67. The Balaban J connectivity index is 2.47. The Morgan fingerprint density at radius 1 is 1.44 bits per heavy atom. The van der Waals surface area contributed by atoms with Crippen LogP contribution < -0.4 is 10.2 Å². The van der Waals surface area contributed by atoms with Gasteiger partial charge in [-0.2, -0.15) is 0 Å². The summed E-state index contributed by atoms with van der Waals surface area (Å²) in [5.74, 6) is 0.686. The highest BCUT2D eigenvalue weighted by molar-refractivity contribution is 7.15. The maximum Gasteiger partial charge on any atom is 0.185 e. The van der Waals surface area contributed by atoms with Crippen LogP contribution in [0.2, 0.25) is 0 Å². The van der Waals surface area contributed by atoms with E-state index in [1.54, 1.807) is 11.3 Å². The van der Waals surface area contributed by atoms with Gasteiger partial charge in [0, 0.05) is 37.8 Å². The van der Waals surface area contributed by atoms with Crippen molar-refractivity contribution in [1.82, 2.24) is 10.3 Å². The van der Waals surface area contributed by atoms with Gasteiger partial charge in [-0.1, -0.05) is 20.8 Å². The molecule has 3 nitrogen and oxygen atoms in total. The van der Waals surface area contributed by atoms with Gasteiger partial charge in [-0.05, 0) is 12.3 Å². The van der Waals surface area contributed by atoms with Crippen LogP contribution >= 0.6 is 11.3 Å². The lowest BCUT2D eigenvalue weighted by atomic mass is 10.0. The van der Waals surface area contributed by atoms with E-state index in [4.69, 9.17) is 0 Å². The molecule has 0 fully saturated rings. The Morgan fingerprint density at radius 2 is 2.12 bits per heavy atom. The number of nitrogens with zero attached hydrogens (tertiary/aromatic N) is 2. The molecular weight excluding hydrogens is 218 g/mol. The van der Waals surface area contributed by atoms with Crippen molar-refractivity contribution >= 4 is 16.5 Å². The van der Waals surface area contributed by atoms with Crippen molar-refractivity contribution in [3.63, 3.8) is 0 Å². The van der Waals surface area contributed by atoms with Crippen LogP contribution in [0.5, 0.6) is 0 Å². The first-order valence-corrected chi connectivity index (χ1v) is 6.71. The molecule has 0 spiro atoms. The minimum absolute atomic E-state index is 0.602. The van der Waals surface area contributed by atoms with Gasteiger partial charge in [-0.3, -0.25) is 0 Å². The largest absolute Gasteiger partial charge is 0.354 e. The highest BCUT2D eigenvalue weighted by Gasteiger charge is 2.11. The van der Waals surface area contributed by atoms with Crippen LogP contribution in [0.3, 0.4) is 0 Å². The molecular formula is C12H23N3S. The van der Waals surface area contributed by atoms with E-state index in [0.717, 1.165) is 11.7 Å². The normalized spacial score (nSPS) is 13.1. The number of nitrogens with one attached hydrogen (secondary N) is 1. The van der Waals surface area contributed by atoms with E-state index < -0.39 is 0 Å². The van der Waals surface area contributed by atoms with Gasteiger partial charge >= 0.3 is 0 Å². The molecule has 0 aliphatic heterocycles. The molecule has 92 valence electrons. The number of hydrogen-bond donors (Lipinski definition) is 1. The first kappa shape index (κ1) is 13.5. The van der Waals surface area contributed by atoms with E-state index in [1.807, 2.05) is 25.2 Å². The Labute approximate surface area is 103 Å². The molecule has 4 heteroatoms. The molecule has 0 aromatic carbocycles. The van der Waals surface area contributed by atoms with E-state index in [-0.39, 0.29) is 0 Å². The summed E-state index contributed by atoms with van der Waals surface area (Å²) in [4.78, 5) is 7.73. The van der Waals surface area contributed by atoms with E-state index in [0.29, 0.717) is 12.0 Å². The fraction of sp³-hybridized carbons (Fsp3) is 0.750. The second-order valence-corrected chi connectivity index (χ2v) is 5.74. The molecule has 0 amide bonds. The van der Waals surface area contributed by atoms with Crippen LogP contribution in [-0.2, 0) is 6.54 Å². The number of anilines is 1. The fourth-order valence-electron chi connectivity index (χ4n) is 1.67. The lowest BCUT2D eigenvalue weighted by molar-refractivity contribution is 0.388. The number of aromatic nitrogens is 1. The Kier molecular flexibility index (Phi) is 5.22. The minimum Gasteiger partial charge on any atom is -0.354 e. The lowest BCUT2D eigenvalue weighted by Gasteiger charge is -2.20. The Morgan fingerprint density at radius 3 is 2.56 bits per heavy atom. The van der Waals surface area contributed by atoms with Crippen LogP contribution in [0, 0.1) is 5.92 Å². The predicted octanol–water partition coefficient (Wildman–Crippen LogP) is 2.73. The molecule has 0 saturated carbocycles. The number of thiazole rings is 1. The third kappa shape index (κ3) is 3.76. The van der Waals surface area contributed by atoms with Crippen LogP contribution in [0.25, 0.3) is 0 Å². The van der Waals surface area contributed by atoms with Crippen molar-refractivity contribution < 1.29 is 0 Å². The fourth-order valence-corrected chi connectivity index (χ4v) is 2.45. The van der Waals surface area contributed by atoms with E-state index in [1.165, 1.54) is 11.3 Å². The summed E-state index contributed by atoms with van der Waals surface area (Å²) in [6.07, 6.45) is 3.15. The molecule has 1 rings (SSSR count). The molecule has 0 bridgehead atoms. The molecule has 1 aromatic rings. The molecule has 1 heterocycles. The zero-order valence-electron chi connectivity index (χ0n) is 10.9. The summed E-state index contributed by atoms with van der Waals surface area (Å²) in [6.45, 7) is 7.69. The number of hydrogen-bond acceptors (Lipinski definition) is 4. The Bertz CT molecular complexity index is 307. The summed E-state index contributed by atoms with van der Waals surface area (Å²) in [7, 11) is 4.05. The van der Waals surface area contributed by atoms with Crippen LogP contribution in [0.4, 0.5) is 5.13 Å². The van der Waals surface area contributed by atoms with Gasteiger partial charge in [-0.15, -0.1) is 11.3 Å². The van der Waals surface area contributed by atoms with Crippen molar-refractivity contribution in [2.24, 2.45) is 5.92 Å². The SMILES string of the molecule is CCC(NCc1cnc(N(C)C)s1)C(C)C. The van der Waals surface area contributed by atoms with Gasteiger partial charge < -0.3 is 10.2 Å². The third-order valence-electron chi connectivity index (χ3n) is 2.71. The van der Waals surface area contributed by atoms with Crippen molar-refractivity contribution in [1.29, 1.82) is 0 Å². The maximum absolute atomic E-state index is 4.37. The lowest BCUT2D eigenvalue weighted by Crippen LogP contribution is -2.32. The molecule has 0 saturated heterocycles. The van der Waals surface area contributed by atoms with E-state index in [2.05, 4.69) is 31.1 Å². The molecule has 0 aliphatic carbocycles. The van der Waals surface area contributed by atoms with Crippen LogP contribution in [0.1, 0.15) is 32.1 Å². The third-order valence-corrected chi connectivity index (χ3v) is 3.87. The molecule has 1 aromatic heterocycles. The summed E-state index contributed by atoms with van der Waals surface area (Å²) in [6, 6.07) is 0.602. The van der Waals surface area contributed by atoms with Crippen molar-refractivity contribution in [2.45, 2.75) is 39.8 Å². The highest BCUT2D eigenvalue weighted by Crippen LogP contribution is 2.20. The van der Waals surface area contributed by atoms with Gasteiger partial charge in [0.1, 0.15) is 0 Å². The standard InChI is InChI=1S/C12H23N3S/c1-6-11(9(2)3)13-7-10-8-14-12(16-10)15(4)5/h8-9,11,13H,6-7H2,1-5H3. The zero-order valence-corrected chi connectivity index (χ0v) is 11.8. The smallest absolute Gasteiger partial charge is 0.185 e. The van der Waals surface area contributed by atoms with Gasteiger partial charge in [0.2, 0.25) is 0 Å². The second kappa shape index (κ2) is 6.21. The topological polar surface area (TPSA) is 28.2 Å². The van der Waals surface area contributed by atoms with Gasteiger partial charge in [0.05, 0.1) is 0 Å². The van der Waals surface area contributed by atoms with Gasteiger partial charge in [0.25, 0.3) is 0 Å². The average Bonchev–Trinajstić information content (AvgIpc) is 2.67. The molecule has 0 radical (unpaired) electrons. The molecule has 1 unspecified atom stereocenters. The molecule has 16 heavy (non-hydrogen) atoms. The van der Waals surface area contributed by atoms with Crippen LogP contribution in [-0.4, -0.2) is 25.1 Å². The van der Waals surface area contributed by atoms with E-state index in [9.17, 15) is 0 Å². The second-order valence-electron chi connectivity index (χ2n) is 4.64. The highest BCUT2D eigenvalue weighted by atomic mass is 32.1. The molecule has 0 aliphatic rings. The summed E-state index contributed by atoms with van der Waals surface area (Å²) in [5.41, 5.74) is 0. The molecule has 1 N–H and O–H groups in total. The van der Waals surface area contributed by atoms with Crippen molar-refractivity contribution in [3.05, 3.63) is 11.1 Å². The van der Waals surface area contributed by atoms with E-state index >= 15 is 0 Å². The Hall–Kier alpha value is -0.610. The van der Waals surface area contributed by atoms with Crippen molar-refractivity contribution in [3.8, 4) is 0 Å². The van der Waals surface area contributed by atoms with Gasteiger partial charge in [0.15, 0.2) is 5.13 Å². The first-order valence-electron chi connectivity index (χ1n) is 5.90. The maximum atomic E-state index is 4.37. The predicted molar refractivity (Wildman–Crippen MR) is 72.2 cm³/mol. The first-order chi connectivity index (χ1) is 7.54. The molecule has 1 atom stereocenters. The van der Waals surface area contributed by atoms with Gasteiger partial charge in [-0.25, -0.2) is 4.98 Å². The minimum atomic E-state index is 0.602. The monoisotopic (exact) mass is 241 g/mol. The summed E-state index contributed by atoms with van der Waals surface area (Å²) >= 11 is 1.76. The quantitative estimate of drug-likeness (QED) is 0.830.